The second kappa shape index (κ2) is 11.4. The number of rotatable bonds is 8. The number of morpholine rings is 1. The molecule has 0 bridgehead atoms. The molecule has 194 valence electrons. The number of alkyl halides is 3. The van der Waals surface area contributed by atoms with Crippen LogP contribution in [0, 0.1) is 5.82 Å². The van der Waals surface area contributed by atoms with E-state index >= 15 is 0 Å². The highest BCUT2D eigenvalue weighted by molar-refractivity contribution is 6.00. The molecule has 1 aliphatic rings. The molecule has 2 heterocycles. The van der Waals surface area contributed by atoms with E-state index in [1.807, 2.05) is 0 Å². The first-order chi connectivity index (χ1) is 17.7. The third-order valence-electron chi connectivity index (χ3n) is 5.44. The largest absolute Gasteiger partial charge is 0.573 e. The van der Waals surface area contributed by atoms with Gasteiger partial charge in [0.1, 0.15) is 5.82 Å². The van der Waals surface area contributed by atoms with Crippen LogP contribution in [0.15, 0.2) is 54.9 Å². The van der Waals surface area contributed by atoms with Crippen LogP contribution in [0.1, 0.15) is 16.1 Å². The van der Waals surface area contributed by atoms with Crippen molar-refractivity contribution >= 4 is 17.4 Å². The van der Waals surface area contributed by atoms with Crippen LogP contribution >= 0.6 is 0 Å². The summed E-state index contributed by atoms with van der Waals surface area (Å²) in [7, 11) is 0. The summed E-state index contributed by atoms with van der Waals surface area (Å²) in [6.45, 7) is 1.87. The van der Waals surface area contributed by atoms with Crippen LogP contribution in [-0.2, 0) is 16.0 Å². The number of benzene rings is 2. The van der Waals surface area contributed by atoms with E-state index in [1.54, 1.807) is 11.0 Å². The van der Waals surface area contributed by atoms with E-state index in [9.17, 15) is 27.2 Å². The van der Waals surface area contributed by atoms with Gasteiger partial charge in [0, 0.05) is 30.4 Å². The number of hydrogen-bond donors (Lipinski definition) is 1. The standard InChI is InChI=1S/C25H22F4N4O4/c26-18-3-1-2-16(10-18)21-14-30-19(13-31-21)12-22(34)17-4-5-23(37-25(27,28)29)20(11-17)32-24(35)15-33-6-8-36-9-7-33/h1-5,10-11,13-14H,6-9,12,15H2,(H,32,35). The zero-order chi connectivity index (χ0) is 26.4. The summed E-state index contributed by atoms with van der Waals surface area (Å²) in [5.74, 6) is -2.09. The molecule has 1 aromatic heterocycles. The summed E-state index contributed by atoms with van der Waals surface area (Å²) in [4.78, 5) is 35.5. The van der Waals surface area contributed by atoms with Gasteiger partial charge in [-0.15, -0.1) is 13.2 Å². The predicted octanol–water partition coefficient (Wildman–Crippen LogP) is 3.88. The van der Waals surface area contributed by atoms with Crippen molar-refractivity contribution in [3.05, 3.63) is 71.9 Å². The van der Waals surface area contributed by atoms with Crippen molar-refractivity contribution < 1.29 is 36.6 Å². The Morgan fingerprint density at radius 1 is 1.05 bits per heavy atom. The summed E-state index contributed by atoms with van der Waals surface area (Å²) >= 11 is 0. The Bertz CT molecular complexity index is 1260. The maximum Gasteiger partial charge on any atom is 0.573 e. The van der Waals surface area contributed by atoms with E-state index in [0.717, 1.165) is 12.1 Å². The van der Waals surface area contributed by atoms with Gasteiger partial charge in [-0.2, -0.15) is 0 Å². The zero-order valence-corrected chi connectivity index (χ0v) is 19.4. The Morgan fingerprint density at radius 3 is 2.51 bits per heavy atom. The fraction of sp³-hybridized carbons (Fsp3) is 0.280. The molecule has 0 radical (unpaired) electrons. The van der Waals surface area contributed by atoms with E-state index in [-0.39, 0.29) is 24.2 Å². The summed E-state index contributed by atoms with van der Waals surface area (Å²) in [5.41, 5.74) is 0.998. The van der Waals surface area contributed by atoms with E-state index in [1.165, 1.54) is 36.7 Å². The molecule has 8 nitrogen and oxygen atoms in total. The average Bonchev–Trinajstić information content (AvgIpc) is 2.85. The van der Waals surface area contributed by atoms with Crippen LogP contribution in [0.3, 0.4) is 0 Å². The van der Waals surface area contributed by atoms with Crippen molar-refractivity contribution in [2.75, 3.05) is 38.2 Å². The molecular formula is C25H22F4N4O4. The van der Waals surface area contributed by atoms with Crippen LogP contribution in [0.5, 0.6) is 5.75 Å². The quantitative estimate of drug-likeness (QED) is 0.357. The van der Waals surface area contributed by atoms with Gasteiger partial charge >= 0.3 is 6.36 Å². The van der Waals surface area contributed by atoms with Gasteiger partial charge in [-0.1, -0.05) is 12.1 Å². The minimum absolute atomic E-state index is 0.0483. The summed E-state index contributed by atoms with van der Waals surface area (Å²) in [6.07, 6.45) is -2.43. The van der Waals surface area contributed by atoms with Crippen molar-refractivity contribution in [2.45, 2.75) is 12.8 Å². The molecule has 1 saturated heterocycles. The van der Waals surface area contributed by atoms with Gasteiger partial charge in [0.2, 0.25) is 5.91 Å². The smallest absolute Gasteiger partial charge is 0.404 e. The van der Waals surface area contributed by atoms with Gasteiger partial charge in [-0.3, -0.25) is 24.5 Å². The molecule has 4 rings (SSSR count). The fourth-order valence-corrected chi connectivity index (χ4v) is 3.68. The highest BCUT2D eigenvalue weighted by Gasteiger charge is 2.32. The number of ether oxygens (including phenoxy) is 2. The Labute approximate surface area is 209 Å². The Morgan fingerprint density at radius 2 is 1.84 bits per heavy atom. The predicted molar refractivity (Wildman–Crippen MR) is 124 cm³/mol. The molecule has 0 unspecified atom stereocenters. The van der Waals surface area contributed by atoms with Crippen LogP contribution in [-0.4, -0.2) is 65.8 Å². The lowest BCUT2D eigenvalue weighted by molar-refractivity contribution is -0.274. The van der Waals surface area contributed by atoms with E-state index < -0.39 is 29.6 Å². The van der Waals surface area contributed by atoms with Crippen LogP contribution in [0.2, 0.25) is 0 Å². The molecule has 3 aromatic rings. The summed E-state index contributed by atoms with van der Waals surface area (Å²) in [6, 6.07) is 9.09. The van der Waals surface area contributed by atoms with Crippen molar-refractivity contribution in [1.29, 1.82) is 0 Å². The van der Waals surface area contributed by atoms with E-state index in [2.05, 4.69) is 20.0 Å². The molecule has 0 atom stereocenters. The second-order valence-corrected chi connectivity index (χ2v) is 8.20. The number of aromatic nitrogens is 2. The average molecular weight is 518 g/mol. The lowest BCUT2D eigenvalue weighted by Crippen LogP contribution is -2.41. The monoisotopic (exact) mass is 518 g/mol. The van der Waals surface area contributed by atoms with Gasteiger partial charge in [-0.25, -0.2) is 4.39 Å². The first-order valence-corrected chi connectivity index (χ1v) is 11.3. The Balaban J connectivity index is 1.48. The normalized spacial score (nSPS) is 14.3. The molecular weight excluding hydrogens is 496 g/mol. The molecule has 1 aliphatic heterocycles. The van der Waals surface area contributed by atoms with Crippen LogP contribution < -0.4 is 10.1 Å². The van der Waals surface area contributed by atoms with Gasteiger partial charge < -0.3 is 14.8 Å². The highest BCUT2D eigenvalue weighted by Crippen LogP contribution is 2.31. The number of hydrogen-bond acceptors (Lipinski definition) is 7. The highest BCUT2D eigenvalue weighted by atomic mass is 19.4. The lowest BCUT2D eigenvalue weighted by atomic mass is 10.1. The fourth-order valence-electron chi connectivity index (χ4n) is 3.68. The number of anilines is 1. The molecule has 1 fully saturated rings. The second-order valence-electron chi connectivity index (χ2n) is 8.20. The molecule has 0 saturated carbocycles. The molecule has 1 amide bonds. The van der Waals surface area contributed by atoms with E-state index in [4.69, 9.17) is 4.74 Å². The number of halogens is 4. The first kappa shape index (κ1) is 26.2. The van der Waals surface area contributed by atoms with Gasteiger partial charge in [0.25, 0.3) is 0 Å². The molecule has 0 aliphatic carbocycles. The minimum atomic E-state index is -4.99. The molecule has 2 aromatic carbocycles. The Hall–Kier alpha value is -3.90. The van der Waals surface area contributed by atoms with Crippen molar-refractivity contribution in [1.82, 2.24) is 14.9 Å². The third kappa shape index (κ3) is 7.54. The minimum Gasteiger partial charge on any atom is -0.404 e. The number of nitrogens with one attached hydrogen (secondary N) is 1. The van der Waals surface area contributed by atoms with Gasteiger partial charge in [0.15, 0.2) is 11.5 Å². The third-order valence-corrected chi connectivity index (χ3v) is 5.44. The number of Topliss-reactive ketones (excluding diaryl/α,β-unsaturated/α-hetero) is 1. The molecule has 1 N–H and O–H groups in total. The maximum absolute atomic E-state index is 13.4. The Kier molecular flexibility index (Phi) is 8.09. The number of nitrogens with zero attached hydrogens (tertiary/aromatic N) is 3. The number of carbonyl (C=O) groups is 2. The topological polar surface area (TPSA) is 93.7 Å². The van der Waals surface area contributed by atoms with Crippen LogP contribution in [0.25, 0.3) is 11.3 Å². The summed E-state index contributed by atoms with van der Waals surface area (Å²) < 4.78 is 61.4. The number of amides is 1. The number of carbonyl (C=O) groups excluding carboxylic acids is 2. The van der Waals surface area contributed by atoms with Crippen LogP contribution in [0.4, 0.5) is 23.2 Å². The van der Waals surface area contributed by atoms with Crippen molar-refractivity contribution in [3.63, 3.8) is 0 Å². The summed E-state index contributed by atoms with van der Waals surface area (Å²) in [5, 5.41) is 2.41. The van der Waals surface area contributed by atoms with Gasteiger partial charge in [0.05, 0.1) is 49.5 Å². The van der Waals surface area contributed by atoms with Crippen molar-refractivity contribution in [3.8, 4) is 17.0 Å². The SMILES string of the molecule is O=C(CN1CCOCC1)Nc1cc(C(=O)Cc2cnc(-c3cccc(F)c3)cn2)ccc1OC(F)(F)F. The van der Waals surface area contributed by atoms with Gasteiger partial charge in [-0.05, 0) is 30.3 Å². The zero-order valence-electron chi connectivity index (χ0n) is 19.4. The molecule has 37 heavy (non-hydrogen) atoms. The first-order valence-electron chi connectivity index (χ1n) is 11.3. The lowest BCUT2D eigenvalue weighted by Gasteiger charge is -2.26. The van der Waals surface area contributed by atoms with Crippen molar-refractivity contribution in [2.24, 2.45) is 0 Å². The molecule has 12 heteroatoms. The van der Waals surface area contributed by atoms with E-state index in [0.29, 0.717) is 43.3 Å². The number of ketones is 1. The maximum atomic E-state index is 13.4. The molecule has 0 spiro atoms.